The van der Waals surface area contributed by atoms with Crippen molar-refractivity contribution >= 4 is 6.29 Å². The van der Waals surface area contributed by atoms with Gasteiger partial charge in [0.05, 0.1) is 0 Å². The van der Waals surface area contributed by atoms with Gasteiger partial charge in [-0.15, -0.1) is 0 Å². The van der Waals surface area contributed by atoms with E-state index < -0.39 is 0 Å². The number of rotatable bonds is 6. The van der Waals surface area contributed by atoms with Gasteiger partial charge in [0.1, 0.15) is 6.29 Å². The predicted octanol–water partition coefficient (Wildman–Crippen LogP) is 5.38. The summed E-state index contributed by atoms with van der Waals surface area (Å²) >= 11 is 0. The maximum atomic E-state index is 11.1. The van der Waals surface area contributed by atoms with Crippen LogP contribution in [0.3, 0.4) is 0 Å². The largest absolute Gasteiger partial charge is 0.303 e. The van der Waals surface area contributed by atoms with Gasteiger partial charge in [-0.05, 0) is 43.4 Å². The zero-order valence-corrected chi connectivity index (χ0v) is 12.8. The molecule has 19 heavy (non-hydrogen) atoms. The SMILES string of the molecule is CC1CCCC(CCCCC2CCCCC2C=O)C1. The van der Waals surface area contributed by atoms with Gasteiger partial charge in [-0.1, -0.05) is 58.3 Å². The molecule has 2 fully saturated rings. The number of carbonyl (C=O) groups excluding carboxylic acids is 1. The highest BCUT2D eigenvalue weighted by Gasteiger charge is 2.24. The molecule has 110 valence electrons. The van der Waals surface area contributed by atoms with Crippen LogP contribution < -0.4 is 0 Å². The third-order valence-corrected chi connectivity index (χ3v) is 5.62. The Labute approximate surface area is 119 Å². The Morgan fingerprint density at radius 2 is 1.74 bits per heavy atom. The zero-order chi connectivity index (χ0) is 13.5. The van der Waals surface area contributed by atoms with Crippen molar-refractivity contribution in [2.24, 2.45) is 23.7 Å². The van der Waals surface area contributed by atoms with Gasteiger partial charge in [-0.3, -0.25) is 0 Å². The number of aldehydes is 1. The van der Waals surface area contributed by atoms with Crippen LogP contribution in [0.2, 0.25) is 0 Å². The van der Waals surface area contributed by atoms with Gasteiger partial charge in [0, 0.05) is 5.92 Å². The highest BCUT2D eigenvalue weighted by Crippen LogP contribution is 2.34. The summed E-state index contributed by atoms with van der Waals surface area (Å²) in [6.07, 6.45) is 17.7. The van der Waals surface area contributed by atoms with Crippen molar-refractivity contribution in [3.63, 3.8) is 0 Å². The minimum atomic E-state index is 0.392. The monoisotopic (exact) mass is 264 g/mol. The topological polar surface area (TPSA) is 17.1 Å². The first-order valence-corrected chi connectivity index (χ1v) is 8.75. The second-order valence-electron chi connectivity index (χ2n) is 7.27. The molecule has 0 N–H and O–H groups in total. The first-order valence-electron chi connectivity index (χ1n) is 8.75. The highest BCUT2D eigenvalue weighted by molar-refractivity contribution is 5.54. The van der Waals surface area contributed by atoms with E-state index in [-0.39, 0.29) is 0 Å². The Balaban J connectivity index is 1.59. The van der Waals surface area contributed by atoms with Crippen molar-refractivity contribution < 1.29 is 4.79 Å². The van der Waals surface area contributed by atoms with E-state index in [1.54, 1.807) is 0 Å². The van der Waals surface area contributed by atoms with E-state index >= 15 is 0 Å². The van der Waals surface area contributed by atoms with Crippen LogP contribution in [0.25, 0.3) is 0 Å². The van der Waals surface area contributed by atoms with Gasteiger partial charge >= 0.3 is 0 Å². The first kappa shape index (κ1) is 15.1. The van der Waals surface area contributed by atoms with Gasteiger partial charge in [0.25, 0.3) is 0 Å². The maximum Gasteiger partial charge on any atom is 0.123 e. The molecule has 0 radical (unpaired) electrons. The standard InChI is InChI=1S/C18H32O/c1-15-7-6-9-16(13-15)8-2-3-10-17-11-4-5-12-18(17)14-19/h14-18H,2-13H2,1H3. The predicted molar refractivity (Wildman–Crippen MR) is 81.1 cm³/mol. The molecule has 0 bridgehead atoms. The summed E-state index contributed by atoms with van der Waals surface area (Å²) in [4.78, 5) is 11.1. The molecule has 2 aliphatic rings. The van der Waals surface area contributed by atoms with Gasteiger partial charge in [0.2, 0.25) is 0 Å². The zero-order valence-electron chi connectivity index (χ0n) is 12.8. The minimum Gasteiger partial charge on any atom is -0.303 e. The van der Waals surface area contributed by atoms with Crippen LogP contribution >= 0.6 is 0 Å². The summed E-state index contributed by atoms with van der Waals surface area (Å²) in [6.45, 7) is 2.42. The quantitative estimate of drug-likeness (QED) is 0.465. The van der Waals surface area contributed by atoms with Crippen LogP contribution in [-0.2, 0) is 4.79 Å². The normalized spacial score (nSPS) is 36.1. The smallest absolute Gasteiger partial charge is 0.123 e. The lowest BCUT2D eigenvalue weighted by Crippen LogP contribution is -2.20. The number of unbranched alkanes of at least 4 members (excludes halogenated alkanes) is 1. The molecule has 0 amide bonds. The number of hydrogen-bond acceptors (Lipinski definition) is 1. The Morgan fingerprint density at radius 3 is 2.53 bits per heavy atom. The first-order chi connectivity index (χ1) is 9.29. The summed E-state index contributed by atoms with van der Waals surface area (Å²) in [5.74, 6) is 3.09. The van der Waals surface area contributed by atoms with E-state index in [0.717, 1.165) is 24.2 Å². The molecule has 0 aromatic rings. The summed E-state index contributed by atoms with van der Waals surface area (Å²) in [5, 5.41) is 0. The van der Waals surface area contributed by atoms with Crippen molar-refractivity contribution in [3.8, 4) is 0 Å². The van der Waals surface area contributed by atoms with Gasteiger partial charge in [0.15, 0.2) is 0 Å². The van der Waals surface area contributed by atoms with Crippen molar-refractivity contribution in [1.29, 1.82) is 0 Å². The number of carbonyl (C=O) groups is 1. The van der Waals surface area contributed by atoms with Crippen molar-refractivity contribution in [2.75, 3.05) is 0 Å². The Morgan fingerprint density at radius 1 is 0.947 bits per heavy atom. The molecular formula is C18H32O. The third-order valence-electron chi connectivity index (χ3n) is 5.62. The second-order valence-corrected chi connectivity index (χ2v) is 7.27. The summed E-state index contributed by atoms with van der Waals surface area (Å²) < 4.78 is 0. The fourth-order valence-electron chi connectivity index (χ4n) is 4.44. The Bertz CT molecular complexity index is 260. The Hall–Kier alpha value is -0.330. The molecule has 1 nitrogen and oxygen atoms in total. The van der Waals surface area contributed by atoms with E-state index in [4.69, 9.17) is 0 Å². The summed E-state index contributed by atoms with van der Waals surface area (Å²) in [7, 11) is 0. The molecule has 1 heteroatoms. The van der Waals surface area contributed by atoms with Crippen molar-refractivity contribution in [2.45, 2.75) is 84.0 Å². The second kappa shape index (κ2) is 8.07. The molecule has 2 aliphatic carbocycles. The lowest BCUT2D eigenvalue weighted by Gasteiger charge is -2.29. The molecule has 4 unspecified atom stereocenters. The molecule has 0 spiro atoms. The summed E-state index contributed by atoms with van der Waals surface area (Å²) in [6, 6.07) is 0. The average Bonchev–Trinajstić information content (AvgIpc) is 2.44. The molecular weight excluding hydrogens is 232 g/mol. The van der Waals surface area contributed by atoms with Crippen molar-refractivity contribution in [1.82, 2.24) is 0 Å². The minimum absolute atomic E-state index is 0.392. The van der Waals surface area contributed by atoms with Crippen LogP contribution in [0.15, 0.2) is 0 Å². The maximum absolute atomic E-state index is 11.1. The molecule has 0 heterocycles. The van der Waals surface area contributed by atoms with Crippen LogP contribution in [-0.4, -0.2) is 6.29 Å². The van der Waals surface area contributed by atoms with Crippen LogP contribution in [0.4, 0.5) is 0 Å². The average molecular weight is 264 g/mol. The fraction of sp³-hybridized carbons (Fsp3) is 0.944. The Kier molecular flexibility index (Phi) is 6.40. The lowest BCUT2D eigenvalue weighted by molar-refractivity contribution is -0.113. The highest BCUT2D eigenvalue weighted by atomic mass is 16.1. The van der Waals surface area contributed by atoms with Crippen molar-refractivity contribution in [3.05, 3.63) is 0 Å². The molecule has 0 aliphatic heterocycles. The van der Waals surface area contributed by atoms with Crippen LogP contribution in [0.5, 0.6) is 0 Å². The molecule has 0 aromatic carbocycles. The van der Waals surface area contributed by atoms with Crippen LogP contribution in [0.1, 0.15) is 84.0 Å². The lowest BCUT2D eigenvalue weighted by atomic mass is 9.76. The van der Waals surface area contributed by atoms with E-state index in [1.165, 1.54) is 76.9 Å². The van der Waals surface area contributed by atoms with Gasteiger partial charge < -0.3 is 4.79 Å². The summed E-state index contributed by atoms with van der Waals surface area (Å²) in [5.41, 5.74) is 0. The molecule has 2 rings (SSSR count). The van der Waals surface area contributed by atoms with E-state index in [1.807, 2.05) is 0 Å². The number of hydrogen-bond donors (Lipinski definition) is 0. The van der Waals surface area contributed by atoms with Crippen LogP contribution in [0, 0.1) is 23.7 Å². The van der Waals surface area contributed by atoms with E-state index in [0.29, 0.717) is 5.92 Å². The molecule has 2 saturated carbocycles. The molecule has 0 saturated heterocycles. The van der Waals surface area contributed by atoms with E-state index in [9.17, 15) is 4.79 Å². The fourth-order valence-corrected chi connectivity index (χ4v) is 4.44. The third kappa shape index (κ3) is 4.93. The molecule has 4 atom stereocenters. The van der Waals surface area contributed by atoms with E-state index in [2.05, 4.69) is 6.92 Å². The van der Waals surface area contributed by atoms with Gasteiger partial charge in [-0.2, -0.15) is 0 Å². The van der Waals surface area contributed by atoms with Gasteiger partial charge in [-0.25, -0.2) is 0 Å². The molecule has 0 aromatic heterocycles.